The number of nitro benzene ring substituents is 2. The normalized spacial score (nSPS) is 8.67. The van der Waals surface area contributed by atoms with Crippen molar-refractivity contribution in [3.05, 3.63) is 38.4 Å². The molecule has 7 nitrogen and oxygen atoms in total. The zero-order chi connectivity index (χ0) is 12.0. The molecule has 0 saturated heterocycles. The zero-order valence-corrected chi connectivity index (χ0v) is 8.34. The van der Waals surface area contributed by atoms with E-state index in [1.54, 1.807) is 0 Å². The van der Waals surface area contributed by atoms with Gasteiger partial charge in [-0.3, -0.25) is 20.2 Å². The SMILES string of the molecule is CC.Nc1cc([N+](=O)[O-])cc([N+](=O)[O-])c1. The Kier molecular flexibility index (Phi) is 4.73. The van der Waals surface area contributed by atoms with Crippen LogP contribution < -0.4 is 5.73 Å². The molecule has 0 aromatic heterocycles. The van der Waals surface area contributed by atoms with Crippen LogP contribution in [0.25, 0.3) is 0 Å². The van der Waals surface area contributed by atoms with Crippen LogP contribution in [0.2, 0.25) is 0 Å². The van der Waals surface area contributed by atoms with Crippen molar-refractivity contribution in [2.45, 2.75) is 13.8 Å². The van der Waals surface area contributed by atoms with Gasteiger partial charge >= 0.3 is 0 Å². The van der Waals surface area contributed by atoms with Gasteiger partial charge in [-0.25, -0.2) is 0 Å². The first-order chi connectivity index (χ1) is 7.00. The van der Waals surface area contributed by atoms with Crippen molar-refractivity contribution in [2.24, 2.45) is 0 Å². The second kappa shape index (κ2) is 5.53. The smallest absolute Gasteiger partial charge is 0.278 e. The lowest BCUT2D eigenvalue weighted by Gasteiger charge is -1.94. The summed E-state index contributed by atoms with van der Waals surface area (Å²) >= 11 is 0. The summed E-state index contributed by atoms with van der Waals surface area (Å²) in [6.07, 6.45) is 0. The summed E-state index contributed by atoms with van der Waals surface area (Å²) in [6, 6.07) is 2.98. The van der Waals surface area contributed by atoms with E-state index in [0.29, 0.717) is 0 Å². The van der Waals surface area contributed by atoms with Crippen molar-refractivity contribution >= 4 is 17.1 Å². The highest BCUT2D eigenvalue weighted by molar-refractivity contribution is 5.56. The molecule has 1 rings (SSSR count). The third kappa shape index (κ3) is 3.59. The molecule has 0 heterocycles. The lowest BCUT2D eigenvalue weighted by molar-refractivity contribution is -0.394. The number of nitro groups is 2. The van der Waals surface area contributed by atoms with Gasteiger partial charge in [0.2, 0.25) is 0 Å². The van der Waals surface area contributed by atoms with Gasteiger partial charge in [0.1, 0.15) is 0 Å². The Labute approximate surface area is 85.8 Å². The van der Waals surface area contributed by atoms with Gasteiger partial charge in [-0.2, -0.15) is 0 Å². The van der Waals surface area contributed by atoms with E-state index < -0.39 is 9.85 Å². The molecule has 0 saturated carbocycles. The number of anilines is 1. The maximum atomic E-state index is 10.3. The second-order valence-corrected chi connectivity index (χ2v) is 2.30. The molecule has 0 spiro atoms. The number of nitrogens with two attached hydrogens (primary N) is 1. The second-order valence-electron chi connectivity index (χ2n) is 2.30. The van der Waals surface area contributed by atoms with Crippen LogP contribution in [0.1, 0.15) is 13.8 Å². The highest BCUT2D eigenvalue weighted by atomic mass is 16.6. The Morgan fingerprint density at radius 2 is 1.33 bits per heavy atom. The van der Waals surface area contributed by atoms with Crippen LogP contribution in [0.15, 0.2) is 18.2 Å². The van der Waals surface area contributed by atoms with Gasteiger partial charge < -0.3 is 5.73 Å². The van der Waals surface area contributed by atoms with Gasteiger partial charge in [0.15, 0.2) is 0 Å². The molecule has 0 aliphatic heterocycles. The molecule has 0 aliphatic carbocycles. The van der Waals surface area contributed by atoms with E-state index in [-0.39, 0.29) is 17.1 Å². The fourth-order valence-electron chi connectivity index (χ4n) is 0.829. The van der Waals surface area contributed by atoms with Crippen LogP contribution in [-0.2, 0) is 0 Å². The van der Waals surface area contributed by atoms with E-state index in [1.165, 1.54) is 0 Å². The molecule has 0 amide bonds. The van der Waals surface area contributed by atoms with Gasteiger partial charge in [0.25, 0.3) is 11.4 Å². The average molecular weight is 213 g/mol. The largest absolute Gasteiger partial charge is 0.398 e. The van der Waals surface area contributed by atoms with Crippen LogP contribution in [-0.4, -0.2) is 9.85 Å². The van der Waals surface area contributed by atoms with Gasteiger partial charge in [0, 0.05) is 17.8 Å². The molecule has 0 aliphatic rings. The molecular formula is C8H11N3O4. The number of non-ortho nitro benzene ring substituents is 2. The topological polar surface area (TPSA) is 112 Å². The first kappa shape index (κ1) is 12.8. The fraction of sp³-hybridized carbons (Fsp3) is 0.250. The highest BCUT2D eigenvalue weighted by Gasteiger charge is 2.14. The van der Waals surface area contributed by atoms with E-state index in [1.807, 2.05) is 13.8 Å². The van der Waals surface area contributed by atoms with Crippen LogP contribution >= 0.6 is 0 Å². The standard InChI is InChI=1S/C6H5N3O4.C2H6/c7-4-1-5(8(10)11)3-6(2-4)9(12)13;1-2/h1-3H,7H2;1-2H3. The van der Waals surface area contributed by atoms with Crippen LogP contribution in [0.3, 0.4) is 0 Å². The number of rotatable bonds is 2. The number of hydrogen-bond donors (Lipinski definition) is 1. The van der Waals surface area contributed by atoms with Crippen LogP contribution in [0, 0.1) is 20.2 Å². The van der Waals surface area contributed by atoms with Crippen molar-refractivity contribution in [1.29, 1.82) is 0 Å². The Hall–Kier alpha value is -2.18. The molecule has 82 valence electrons. The minimum atomic E-state index is -0.733. The van der Waals surface area contributed by atoms with E-state index in [2.05, 4.69) is 0 Å². The Balaban J connectivity index is 0.000000921. The number of benzene rings is 1. The van der Waals surface area contributed by atoms with Crippen LogP contribution in [0.4, 0.5) is 17.1 Å². The summed E-state index contributed by atoms with van der Waals surface area (Å²) in [5, 5.41) is 20.5. The molecule has 0 bridgehead atoms. The number of nitrogen functional groups attached to an aromatic ring is 1. The summed E-state index contributed by atoms with van der Waals surface area (Å²) in [4.78, 5) is 19.0. The van der Waals surface area contributed by atoms with Crippen molar-refractivity contribution in [3.8, 4) is 0 Å². The minimum absolute atomic E-state index is 0.000833. The summed E-state index contributed by atoms with van der Waals surface area (Å²) in [5.74, 6) is 0. The summed E-state index contributed by atoms with van der Waals surface area (Å²) in [6.45, 7) is 4.00. The fourth-order valence-corrected chi connectivity index (χ4v) is 0.829. The molecule has 0 atom stereocenters. The third-order valence-electron chi connectivity index (χ3n) is 1.35. The molecule has 0 fully saturated rings. The Morgan fingerprint density at radius 3 is 1.60 bits per heavy atom. The third-order valence-corrected chi connectivity index (χ3v) is 1.35. The molecule has 1 aromatic carbocycles. The molecular weight excluding hydrogens is 202 g/mol. The van der Waals surface area contributed by atoms with Gasteiger partial charge in [-0.1, -0.05) is 13.8 Å². The molecule has 1 aromatic rings. The summed E-state index contributed by atoms with van der Waals surface area (Å²) in [7, 11) is 0. The van der Waals surface area contributed by atoms with Crippen LogP contribution in [0.5, 0.6) is 0 Å². The van der Waals surface area contributed by atoms with E-state index >= 15 is 0 Å². The van der Waals surface area contributed by atoms with Crippen molar-refractivity contribution in [1.82, 2.24) is 0 Å². The first-order valence-electron chi connectivity index (χ1n) is 4.20. The maximum Gasteiger partial charge on any atom is 0.278 e. The van der Waals surface area contributed by atoms with E-state index in [9.17, 15) is 20.2 Å². The zero-order valence-electron chi connectivity index (χ0n) is 8.34. The van der Waals surface area contributed by atoms with Crippen molar-refractivity contribution in [3.63, 3.8) is 0 Å². The summed E-state index contributed by atoms with van der Waals surface area (Å²) < 4.78 is 0. The quantitative estimate of drug-likeness (QED) is 0.459. The molecule has 7 heteroatoms. The first-order valence-corrected chi connectivity index (χ1v) is 4.20. The van der Waals surface area contributed by atoms with E-state index in [0.717, 1.165) is 18.2 Å². The van der Waals surface area contributed by atoms with E-state index in [4.69, 9.17) is 5.73 Å². The average Bonchev–Trinajstić information content (AvgIpc) is 2.19. The van der Waals surface area contributed by atoms with Gasteiger partial charge in [-0.15, -0.1) is 0 Å². The molecule has 2 N–H and O–H groups in total. The minimum Gasteiger partial charge on any atom is -0.398 e. The Bertz CT molecular complexity index is 346. The lowest BCUT2D eigenvalue weighted by atomic mass is 10.2. The number of nitrogens with zero attached hydrogens (tertiary/aromatic N) is 2. The molecule has 0 radical (unpaired) electrons. The Morgan fingerprint density at radius 1 is 1.00 bits per heavy atom. The molecule has 15 heavy (non-hydrogen) atoms. The number of hydrogen-bond acceptors (Lipinski definition) is 5. The predicted octanol–water partition coefficient (Wildman–Crippen LogP) is 2.11. The predicted molar refractivity (Wildman–Crippen MR) is 55.5 cm³/mol. The van der Waals surface area contributed by atoms with Gasteiger partial charge in [-0.05, 0) is 0 Å². The highest BCUT2D eigenvalue weighted by Crippen LogP contribution is 2.23. The maximum absolute atomic E-state index is 10.3. The molecule has 0 unspecified atom stereocenters. The van der Waals surface area contributed by atoms with Crippen molar-refractivity contribution in [2.75, 3.05) is 5.73 Å². The summed E-state index contributed by atoms with van der Waals surface area (Å²) in [5.41, 5.74) is 4.46. The van der Waals surface area contributed by atoms with Gasteiger partial charge in [0.05, 0.1) is 15.9 Å². The lowest BCUT2D eigenvalue weighted by Crippen LogP contribution is -1.95. The monoisotopic (exact) mass is 213 g/mol. The van der Waals surface area contributed by atoms with Crippen molar-refractivity contribution < 1.29 is 9.85 Å².